The van der Waals surface area contributed by atoms with Crippen LogP contribution in [0.25, 0.3) is 0 Å². The molecule has 0 unspecified atom stereocenters. The highest BCUT2D eigenvalue weighted by molar-refractivity contribution is 5.34. The van der Waals surface area contributed by atoms with Crippen LogP contribution < -0.4 is 4.90 Å². The molecule has 1 aromatic heterocycles. The van der Waals surface area contributed by atoms with Crippen LogP contribution in [0.3, 0.4) is 0 Å². The van der Waals surface area contributed by atoms with Gasteiger partial charge >= 0.3 is 0 Å². The third-order valence-electron chi connectivity index (χ3n) is 1.68. The Balaban J connectivity index is 2.06. The van der Waals surface area contributed by atoms with Gasteiger partial charge in [-0.2, -0.15) is 0 Å². The molecule has 3 nitrogen and oxygen atoms in total. The van der Waals surface area contributed by atoms with Crippen LogP contribution in [0.4, 0.5) is 14.7 Å². The number of rotatable bonds is 1. The molecular formula is C7H7F2N3. The van der Waals surface area contributed by atoms with Gasteiger partial charge < -0.3 is 4.90 Å². The van der Waals surface area contributed by atoms with E-state index < -0.39 is 5.92 Å². The summed E-state index contributed by atoms with van der Waals surface area (Å²) >= 11 is 0. The van der Waals surface area contributed by atoms with E-state index in [4.69, 9.17) is 0 Å². The third-order valence-corrected chi connectivity index (χ3v) is 1.68. The van der Waals surface area contributed by atoms with Gasteiger partial charge in [-0.1, -0.05) is 0 Å². The van der Waals surface area contributed by atoms with Gasteiger partial charge in [0.1, 0.15) is 0 Å². The maximum absolute atomic E-state index is 12.4. The van der Waals surface area contributed by atoms with E-state index in [1.807, 2.05) is 0 Å². The molecule has 0 aromatic carbocycles. The number of halogens is 2. The van der Waals surface area contributed by atoms with Crippen LogP contribution in [0.1, 0.15) is 0 Å². The van der Waals surface area contributed by atoms with E-state index in [2.05, 4.69) is 9.97 Å². The van der Waals surface area contributed by atoms with Crippen molar-refractivity contribution in [3.63, 3.8) is 0 Å². The summed E-state index contributed by atoms with van der Waals surface area (Å²) in [5, 5.41) is 0. The van der Waals surface area contributed by atoms with Gasteiger partial charge in [-0.25, -0.2) is 18.7 Å². The van der Waals surface area contributed by atoms with E-state index >= 15 is 0 Å². The second-order valence-electron chi connectivity index (χ2n) is 2.76. The van der Waals surface area contributed by atoms with Gasteiger partial charge in [0.15, 0.2) is 0 Å². The average molecular weight is 171 g/mol. The van der Waals surface area contributed by atoms with Crippen LogP contribution in [0.15, 0.2) is 18.5 Å². The summed E-state index contributed by atoms with van der Waals surface area (Å²) in [4.78, 5) is 9.14. The minimum Gasteiger partial charge on any atom is -0.329 e. The molecule has 1 fully saturated rings. The van der Waals surface area contributed by atoms with Crippen LogP contribution in [0.2, 0.25) is 0 Å². The molecular weight excluding hydrogens is 164 g/mol. The number of hydrogen-bond acceptors (Lipinski definition) is 3. The molecule has 0 saturated carbocycles. The molecule has 0 bridgehead atoms. The molecule has 5 heteroatoms. The second kappa shape index (κ2) is 2.36. The van der Waals surface area contributed by atoms with Crippen molar-refractivity contribution in [2.75, 3.05) is 18.0 Å². The zero-order chi connectivity index (χ0) is 8.60. The van der Waals surface area contributed by atoms with Gasteiger partial charge in [0.25, 0.3) is 5.92 Å². The molecule has 0 N–H and O–H groups in total. The van der Waals surface area contributed by atoms with Crippen LogP contribution in [0.5, 0.6) is 0 Å². The van der Waals surface area contributed by atoms with E-state index in [0.29, 0.717) is 5.95 Å². The lowest BCUT2D eigenvalue weighted by atomic mass is 10.2. The van der Waals surface area contributed by atoms with Crippen LogP contribution in [-0.4, -0.2) is 29.0 Å². The fourth-order valence-corrected chi connectivity index (χ4v) is 1.11. The molecule has 0 amide bonds. The zero-order valence-electron chi connectivity index (χ0n) is 6.24. The molecule has 64 valence electrons. The molecule has 1 aliphatic rings. The largest absolute Gasteiger partial charge is 0.329 e. The van der Waals surface area contributed by atoms with E-state index in [1.165, 1.54) is 4.90 Å². The van der Waals surface area contributed by atoms with Crippen LogP contribution >= 0.6 is 0 Å². The highest BCUT2D eigenvalue weighted by atomic mass is 19.3. The Kier molecular flexibility index (Phi) is 1.46. The Labute approximate surface area is 68.1 Å². The minimum absolute atomic E-state index is 0.267. The maximum Gasteiger partial charge on any atom is 0.282 e. The first-order chi connectivity index (χ1) is 5.67. The van der Waals surface area contributed by atoms with Gasteiger partial charge in [-0.05, 0) is 6.07 Å². The summed E-state index contributed by atoms with van der Waals surface area (Å²) in [7, 11) is 0. The summed E-state index contributed by atoms with van der Waals surface area (Å²) < 4.78 is 24.8. The van der Waals surface area contributed by atoms with Crippen molar-refractivity contribution in [2.45, 2.75) is 5.92 Å². The number of hydrogen-bond donors (Lipinski definition) is 0. The molecule has 1 aromatic rings. The lowest BCUT2D eigenvalue weighted by molar-refractivity contribution is -0.0271. The standard InChI is InChI=1S/C7H7F2N3/c8-7(9)4-12(5-7)6-10-2-1-3-11-6/h1-3H,4-5H2. The molecule has 2 rings (SSSR count). The van der Waals surface area contributed by atoms with Gasteiger partial charge in [-0.15, -0.1) is 0 Å². The third kappa shape index (κ3) is 1.22. The molecule has 0 radical (unpaired) electrons. The van der Waals surface area contributed by atoms with Gasteiger partial charge in [0, 0.05) is 12.4 Å². The Bertz CT molecular complexity index is 267. The zero-order valence-corrected chi connectivity index (χ0v) is 6.24. The maximum atomic E-state index is 12.4. The normalized spacial score (nSPS) is 20.3. The lowest BCUT2D eigenvalue weighted by Gasteiger charge is -2.38. The molecule has 2 heterocycles. The summed E-state index contributed by atoms with van der Waals surface area (Å²) in [5.41, 5.74) is 0. The van der Waals surface area contributed by atoms with E-state index in [0.717, 1.165) is 0 Å². The SMILES string of the molecule is FC1(F)CN(c2ncccn2)C1. The Hall–Kier alpha value is -1.26. The summed E-state index contributed by atoms with van der Waals surface area (Å²) in [6, 6.07) is 1.65. The molecule has 12 heavy (non-hydrogen) atoms. The second-order valence-corrected chi connectivity index (χ2v) is 2.76. The quantitative estimate of drug-likeness (QED) is 0.629. The number of aromatic nitrogens is 2. The topological polar surface area (TPSA) is 29.0 Å². The van der Waals surface area contributed by atoms with Crippen molar-refractivity contribution in [3.8, 4) is 0 Å². The molecule has 1 saturated heterocycles. The van der Waals surface area contributed by atoms with Gasteiger partial charge in [0.2, 0.25) is 5.95 Å². The van der Waals surface area contributed by atoms with Crippen LogP contribution in [0, 0.1) is 0 Å². The molecule has 0 aliphatic carbocycles. The number of anilines is 1. The first kappa shape index (κ1) is 7.39. The van der Waals surface area contributed by atoms with Crippen molar-refractivity contribution in [2.24, 2.45) is 0 Å². The van der Waals surface area contributed by atoms with Crippen molar-refractivity contribution < 1.29 is 8.78 Å². The van der Waals surface area contributed by atoms with Crippen LogP contribution in [-0.2, 0) is 0 Å². The number of alkyl halides is 2. The highest BCUT2D eigenvalue weighted by Gasteiger charge is 2.44. The molecule has 0 atom stereocenters. The monoisotopic (exact) mass is 171 g/mol. The van der Waals surface area contributed by atoms with Gasteiger partial charge in [-0.3, -0.25) is 0 Å². The van der Waals surface area contributed by atoms with Crippen molar-refractivity contribution in [1.29, 1.82) is 0 Å². The Morgan fingerprint density at radius 1 is 1.25 bits per heavy atom. The van der Waals surface area contributed by atoms with Crippen molar-refractivity contribution >= 4 is 5.95 Å². The summed E-state index contributed by atoms with van der Waals surface area (Å²) in [6.07, 6.45) is 3.08. The van der Waals surface area contributed by atoms with Gasteiger partial charge in [0.05, 0.1) is 13.1 Å². The predicted molar refractivity (Wildman–Crippen MR) is 39.2 cm³/mol. The fraction of sp³-hybridized carbons (Fsp3) is 0.429. The van der Waals surface area contributed by atoms with Crippen molar-refractivity contribution in [1.82, 2.24) is 9.97 Å². The lowest BCUT2D eigenvalue weighted by Crippen LogP contribution is -2.57. The van der Waals surface area contributed by atoms with E-state index in [9.17, 15) is 8.78 Å². The number of nitrogens with zero attached hydrogens (tertiary/aromatic N) is 3. The fourth-order valence-electron chi connectivity index (χ4n) is 1.11. The smallest absolute Gasteiger partial charge is 0.282 e. The average Bonchev–Trinajstić information content (AvgIpc) is 2.02. The molecule has 1 aliphatic heterocycles. The summed E-state index contributed by atoms with van der Waals surface area (Å²) in [5.74, 6) is -2.18. The first-order valence-corrected chi connectivity index (χ1v) is 3.57. The minimum atomic E-state index is -2.56. The highest BCUT2D eigenvalue weighted by Crippen LogP contribution is 2.28. The molecule has 0 spiro atoms. The van der Waals surface area contributed by atoms with Crippen molar-refractivity contribution in [3.05, 3.63) is 18.5 Å². The first-order valence-electron chi connectivity index (χ1n) is 3.57. The Morgan fingerprint density at radius 2 is 1.83 bits per heavy atom. The van der Waals surface area contributed by atoms with E-state index in [-0.39, 0.29) is 13.1 Å². The Morgan fingerprint density at radius 3 is 2.33 bits per heavy atom. The summed E-state index contributed by atoms with van der Waals surface area (Å²) in [6.45, 7) is -0.534. The predicted octanol–water partition coefficient (Wildman–Crippen LogP) is 0.932. The van der Waals surface area contributed by atoms with E-state index in [1.54, 1.807) is 18.5 Å².